The number of fused-ring (bicyclic) bond motifs is 6. The number of rotatable bonds is 2. The molecule has 9 aliphatic rings. The first-order valence-corrected chi connectivity index (χ1v) is 19.1. The Hall–Kier alpha value is 0. The summed E-state index contributed by atoms with van der Waals surface area (Å²) in [5.41, 5.74) is 1.34. The van der Waals surface area contributed by atoms with E-state index >= 15 is 0 Å². The molecule has 0 heterocycles. The highest BCUT2D eigenvalue weighted by Gasteiger charge is 2.80. The smallest absolute Gasteiger partial charge is 0.0193 e. The Morgan fingerprint density at radius 3 is 1.98 bits per heavy atom. The van der Waals surface area contributed by atoms with Crippen molar-refractivity contribution in [3.05, 3.63) is 0 Å². The monoisotopic (exact) mass is 545 g/mol. The molecule has 9 saturated carbocycles. The molecule has 18 atom stereocenters. The predicted molar refractivity (Wildman–Crippen MR) is 166 cm³/mol. The van der Waals surface area contributed by atoms with E-state index in [1.165, 1.54) is 6.42 Å². The van der Waals surface area contributed by atoms with Crippen molar-refractivity contribution in [3.63, 3.8) is 0 Å². The van der Waals surface area contributed by atoms with Crippen molar-refractivity contribution in [1.29, 1.82) is 0 Å². The zero-order valence-corrected chi connectivity index (χ0v) is 27.5. The van der Waals surface area contributed by atoms with Crippen molar-refractivity contribution < 1.29 is 0 Å². The van der Waals surface area contributed by atoms with Crippen LogP contribution in [-0.4, -0.2) is 0 Å². The number of hydrogen-bond acceptors (Lipinski definition) is 0. The Balaban J connectivity index is 1.22. The number of hydrogen-bond donors (Lipinski definition) is 0. The first-order chi connectivity index (χ1) is 19.1. The van der Waals surface area contributed by atoms with Crippen LogP contribution in [0.4, 0.5) is 0 Å². The topological polar surface area (TPSA) is 0 Å². The molecule has 9 aliphatic carbocycles. The van der Waals surface area contributed by atoms with E-state index in [0.717, 1.165) is 118 Å². The van der Waals surface area contributed by atoms with Gasteiger partial charge in [0.15, 0.2) is 0 Å². The minimum absolute atomic E-state index is 0.591. The highest BCUT2D eigenvalue weighted by molar-refractivity contribution is 5.28. The largest absolute Gasteiger partial charge is 0.0625 e. The zero-order valence-electron chi connectivity index (χ0n) is 27.5. The van der Waals surface area contributed by atoms with Crippen LogP contribution in [0.5, 0.6) is 0 Å². The van der Waals surface area contributed by atoms with Gasteiger partial charge < -0.3 is 0 Å². The van der Waals surface area contributed by atoms with Gasteiger partial charge in [0.25, 0.3) is 0 Å². The summed E-state index contributed by atoms with van der Waals surface area (Å²) < 4.78 is 0. The maximum absolute atomic E-state index is 2.87. The lowest BCUT2D eigenvalue weighted by Crippen LogP contribution is -2.55. The zero-order chi connectivity index (χ0) is 27.5. The van der Waals surface area contributed by atoms with Gasteiger partial charge in [0, 0.05) is 0 Å². The molecule has 0 saturated heterocycles. The van der Waals surface area contributed by atoms with Crippen LogP contribution in [0.2, 0.25) is 0 Å². The summed E-state index contributed by atoms with van der Waals surface area (Å²) in [7, 11) is 0. The van der Waals surface area contributed by atoms with Crippen molar-refractivity contribution in [3.8, 4) is 0 Å². The Labute approximate surface area is 248 Å². The first-order valence-electron chi connectivity index (χ1n) is 19.1. The minimum Gasteiger partial charge on any atom is -0.0625 e. The summed E-state index contributed by atoms with van der Waals surface area (Å²) in [6.07, 6.45) is 19.3. The SMILES string of the molecule is CC(C)C1CC2CCC3CC4CC(C(C)C)CC5C6C(C)C7C8CCCCC8C(C)(C)C7C6C6(CC(C1)C2C36)C45. The standard InChI is InChI=1S/C40H64/c1-20(2)25-14-23-12-13-24-15-27-16-26(21(3)4)18-30-33-22(5)32-29-10-8-9-11-31(29)39(6,7)37(32)38(33)40(35(27)30)19-28(17-25)34(23)36(24)40/h20-38H,8-19H2,1-7H3. The molecule has 0 amide bonds. The van der Waals surface area contributed by atoms with Crippen LogP contribution in [0.1, 0.15) is 126 Å². The van der Waals surface area contributed by atoms with Crippen LogP contribution in [0.3, 0.4) is 0 Å². The van der Waals surface area contributed by atoms with E-state index in [9.17, 15) is 0 Å². The van der Waals surface area contributed by atoms with Crippen LogP contribution in [0.15, 0.2) is 0 Å². The molecule has 0 heteroatoms. The van der Waals surface area contributed by atoms with Crippen molar-refractivity contribution in [2.45, 2.75) is 126 Å². The molecule has 0 aromatic rings. The van der Waals surface area contributed by atoms with Gasteiger partial charge in [-0.05, 0) is 187 Å². The lowest BCUT2D eigenvalue weighted by Gasteiger charge is -2.61. The molecule has 1 spiro atoms. The van der Waals surface area contributed by atoms with Crippen LogP contribution in [0.25, 0.3) is 0 Å². The van der Waals surface area contributed by atoms with Crippen molar-refractivity contribution in [1.82, 2.24) is 0 Å². The summed E-state index contributed by atoms with van der Waals surface area (Å²) >= 11 is 0. The highest BCUT2D eigenvalue weighted by atomic mass is 14.8. The fraction of sp³-hybridized carbons (Fsp3) is 1.00. The Morgan fingerprint density at radius 1 is 0.550 bits per heavy atom. The molecule has 18 unspecified atom stereocenters. The molecule has 0 aromatic heterocycles. The molecule has 0 aromatic carbocycles. The quantitative estimate of drug-likeness (QED) is 0.324. The molecule has 0 radical (unpaired) electrons. The molecule has 9 rings (SSSR count). The summed E-state index contributed by atoms with van der Waals surface area (Å²) in [5.74, 6) is 20.2. The molecule has 9 fully saturated rings. The molecule has 0 N–H and O–H groups in total. The van der Waals surface area contributed by atoms with E-state index in [0.29, 0.717) is 5.41 Å². The third-order valence-corrected chi connectivity index (χ3v) is 18.3. The molecule has 0 nitrogen and oxygen atoms in total. The second-order valence-corrected chi connectivity index (χ2v) is 19.9. The summed E-state index contributed by atoms with van der Waals surface area (Å²) in [6, 6.07) is 0. The van der Waals surface area contributed by atoms with E-state index in [4.69, 9.17) is 0 Å². The Kier molecular flexibility index (Phi) is 5.67. The normalized spacial score (nSPS) is 62.2. The highest BCUT2D eigenvalue weighted by Crippen LogP contribution is 2.86. The van der Waals surface area contributed by atoms with Gasteiger partial charge in [0.05, 0.1) is 0 Å². The van der Waals surface area contributed by atoms with E-state index < -0.39 is 0 Å². The second-order valence-electron chi connectivity index (χ2n) is 19.9. The molecule has 40 heavy (non-hydrogen) atoms. The van der Waals surface area contributed by atoms with Gasteiger partial charge in [0.2, 0.25) is 0 Å². The van der Waals surface area contributed by atoms with E-state index in [1.54, 1.807) is 70.6 Å². The fourth-order valence-corrected chi connectivity index (χ4v) is 17.8. The van der Waals surface area contributed by atoms with Gasteiger partial charge in [-0.15, -0.1) is 0 Å². The van der Waals surface area contributed by atoms with E-state index in [-0.39, 0.29) is 0 Å². The average molecular weight is 545 g/mol. The summed E-state index contributed by atoms with van der Waals surface area (Å²) in [5, 5.41) is 0. The summed E-state index contributed by atoms with van der Waals surface area (Å²) in [4.78, 5) is 0. The Bertz CT molecular complexity index is 1020. The lowest BCUT2D eigenvalue weighted by molar-refractivity contribution is -0.133. The van der Waals surface area contributed by atoms with Crippen LogP contribution < -0.4 is 0 Å². The third kappa shape index (κ3) is 3.03. The maximum Gasteiger partial charge on any atom is -0.0193 e. The van der Waals surface area contributed by atoms with Crippen molar-refractivity contribution in [2.75, 3.05) is 0 Å². The summed E-state index contributed by atoms with van der Waals surface area (Å²) in [6.45, 7) is 18.9. The Morgan fingerprint density at radius 2 is 1.20 bits per heavy atom. The van der Waals surface area contributed by atoms with Crippen LogP contribution in [0, 0.1) is 123 Å². The van der Waals surface area contributed by atoms with Gasteiger partial charge in [-0.25, -0.2) is 0 Å². The van der Waals surface area contributed by atoms with E-state index in [2.05, 4.69) is 48.5 Å². The minimum atomic E-state index is 0.591. The van der Waals surface area contributed by atoms with Gasteiger partial charge in [-0.3, -0.25) is 0 Å². The fourth-order valence-electron chi connectivity index (χ4n) is 17.8. The van der Waals surface area contributed by atoms with Gasteiger partial charge in [0.1, 0.15) is 0 Å². The maximum atomic E-state index is 2.87. The van der Waals surface area contributed by atoms with Crippen LogP contribution in [-0.2, 0) is 0 Å². The molecule has 224 valence electrons. The van der Waals surface area contributed by atoms with Crippen molar-refractivity contribution in [2.24, 2.45) is 123 Å². The molecule has 0 bridgehead atoms. The van der Waals surface area contributed by atoms with Crippen LogP contribution >= 0.6 is 0 Å². The average Bonchev–Trinajstić information content (AvgIpc) is 3.59. The van der Waals surface area contributed by atoms with Gasteiger partial charge in [-0.2, -0.15) is 0 Å². The second kappa shape index (κ2) is 8.58. The van der Waals surface area contributed by atoms with Crippen molar-refractivity contribution >= 4 is 0 Å². The first kappa shape index (κ1) is 26.4. The lowest BCUT2D eigenvalue weighted by atomic mass is 9.43. The van der Waals surface area contributed by atoms with Gasteiger partial charge in [-0.1, -0.05) is 61.3 Å². The molecular weight excluding hydrogens is 480 g/mol. The predicted octanol–water partition coefficient (Wildman–Crippen LogP) is 10.6. The van der Waals surface area contributed by atoms with Gasteiger partial charge >= 0.3 is 0 Å². The third-order valence-electron chi connectivity index (χ3n) is 18.3. The molecule has 0 aliphatic heterocycles. The molecular formula is C40H64. The van der Waals surface area contributed by atoms with E-state index in [1.807, 2.05) is 0 Å².